The van der Waals surface area contributed by atoms with Crippen LogP contribution in [-0.2, 0) is 19.4 Å². The van der Waals surface area contributed by atoms with Gasteiger partial charge in [-0.05, 0) is 42.2 Å². The number of rotatable bonds is 8. The Morgan fingerprint density at radius 2 is 1.61 bits per heavy atom. The van der Waals surface area contributed by atoms with Crippen LogP contribution in [0.25, 0.3) is 0 Å². The van der Waals surface area contributed by atoms with Crippen molar-refractivity contribution in [2.75, 3.05) is 12.9 Å². The van der Waals surface area contributed by atoms with Crippen LogP contribution in [0.2, 0.25) is 0 Å². The number of carbonyl (C=O) groups excluding carboxylic acids is 2. The minimum Gasteiger partial charge on any atom is -0.452 e. The molecule has 6 nitrogen and oxygen atoms in total. The van der Waals surface area contributed by atoms with Gasteiger partial charge in [0.15, 0.2) is 16.4 Å². The maximum absolute atomic E-state index is 12.3. The molecule has 0 aliphatic rings. The summed E-state index contributed by atoms with van der Waals surface area (Å²) in [4.78, 5) is 24.5. The first-order valence-corrected chi connectivity index (χ1v) is 10.9. The smallest absolute Gasteiger partial charge is 0.338 e. The van der Waals surface area contributed by atoms with E-state index in [2.05, 4.69) is 19.2 Å². The zero-order valence-corrected chi connectivity index (χ0v) is 17.0. The van der Waals surface area contributed by atoms with E-state index in [1.165, 1.54) is 24.3 Å². The molecule has 1 atom stereocenters. The molecule has 0 aliphatic carbocycles. The van der Waals surface area contributed by atoms with Crippen molar-refractivity contribution in [1.82, 2.24) is 5.32 Å². The number of sulfone groups is 1. The Kier molecular flexibility index (Phi) is 7.34. The highest BCUT2D eigenvalue weighted by molar-refractivity contribution is 7.90. The molecular formula is C21H25NO5S. The van der Waals surface area contributed by atoms with Crippen LogP contribution < -0.4 is 5.32 Å². The van der Waals surface area contributed by atoms with Crippen molar-refractivity contribution in [3.05, 3.63) is 65.7 Å². The number of hydrogen-bond donors (Lipinski definition) is 1. The number of carbonyl (C=O) groups is 2. The van der Waals surface area contributed by atoms with E-state index in [0.717, 1.165) is 18.2 Å². The average molecular weight is 404 g/mol. The van der Waals surface area contributed by atoms with Crippen molar-refractivity contribution in [1.29, 1.82) is 0 Å². The zero-order chi connectivity index (χ0) is 20.7. The number of nitrogens with one attached hydrogen (secondary N) is 1. The van der Waals surface area contributed by atoms with Crippen LogP contribution in [0, 0.1) is 5.92 Å². The van der Waals surface area contributed by atoms with E-state index in [9.17, 15) is 18.0 Å². The molecule has 0 aliphatic heterocycles. The minimum atomic E-state index is -3.34. The standard InChI is InChI=1S/C21H25NO5S/c1-15(2)13-19(16-7-5-4-6-8-16)22-20(23)14-27-21(24)17-9-11-18(12-10-17)28(3,25)26/h4-12,15,19H,13-14H2,1-3H3,(H,22,23)/t19-/m1/s1. The van der Waals surface area contributed by atoms with Gasteiger partial charge < -0.3 is 10.1 Å². The molecule has 0 saturated carbocycles. The summed E-state index contributed by atoms with van der Waals surface area (Å²) in [6.07, 6.45) is 1.85. The van der Waals surface area contributed by atoms with E-state index < -0.39 is 28.3 Å². The fourth-order valence-corrected chi connectivity index (χ4v) is 3.35. The second-order valence-corrected chi connectivity index (χ2v) is 9.05. The SMILES string of the molecule is CC(C)C[C@@H](NC(=O)COC(=O)c1ccc(S(C)(=O)=O)cc1)c1ccccc1. The Bertz CT molecular complexity index is 906. The molecule has 0 saturated heterocycles. The van der Waals surface area contributed by atoms with E-state index >= 15 is 0 Å². The predicted octanol–water partition coefficient (Wildman–Crippen LogP) is 3.15. The molecule has 150 valence electrons. The molecule has 0 aromatic heterocycles. The highest BCUT2D eigenvalue weighted by Gasteiger charge is 2.18. The van der Waals surface area contributed by atoms with E-state index in [-0.39, 0.29) is 16.5 Å². The van der Waals surface area contributed by atoms with E-state index in [1.807, 2.05) is 30.3 Å². The van der Waals surface area contributed by atoms with Gasteiger partial charge in [-0.25, -0.2) is 13.2 Å². The minimum absolute atomic E-state index is 0.112. The van der Waals surface area contributed by atoms with Gasteiger partial charge in [-0.3, -0.25) is 4.79 Å². The number of hydrogen-bond acceptors (Lipinski definition) is 5. The summed E-state index contributed by atoms with van der Waals surface area (Å²) in [5, 5.41) is 2.91. The summed E-state index contributed by atoms with van der Waals surface area (Å²) in [7, 11) is -3.34. The topological polar surface area (TPSA) is 89.5 Å². The Morgan fingerprint density at radius 1 is 1.00 bits per heavy atom. The summed E-state index contributed by atoms with van der Waals surface area (Å²) in [6.45, 7) is 3.73. The number of benzene rings is 2. The van der Waals surface area contributed by atoms with Crippen molar-refractivity contribution in [2.24, 2.45) is 5.92 Å². The number of esters is 1. The van der Waals surface area contributed by atoms with Gasteiger partial charge in [-0.1, -0.05) is 44.2 Å². The molecule has 0 bridgehead atoms. The Balaban J connectivity index is 1.95. The first kappa shape index (κ1) is 21.6. The second-order valence-electron chi connectivity index (χ2n) is 7.03. The van der Waals surface area contributed by atoms with Gasteiger partial charge in [0.1, 0.15) is 0 Å². The fraction of sp³-hybridized carbons (Fsp3) is 0.333. The fourth-order valence-electron chi connectivity index (χ4n) is 2.72. The lowest BCUT2D eigenvalue weighted by molar-refractivity contribution is -0.125. The van der Waals surface area contributed by atoms with Gasteiger partial charge >= 0.3 is 5.97 Å². The zero-order valence-electron chi connectivity index (χ0n) is 16.2. The van der Waals surface area contributed by atoms with E-state index in [4.69, 9.17) is 4.74 Å². The largest absolute Gasteiger partial charge is 0.452 e. The van der Waals surface area contributed by atoms with Crippen molar-refractivity contribution < 1.29 is 22.7 Å². The maximum atomic E-state index is 12.3. The molecule has 0 heterocycles. The van der Waals surface area contributed by atoms with Gasteiger partial charge in [0.2, 0.25) is 0 Å². The third kappa shape index (κ3) is 6.49. The van der Waals surface area contributed by atoms with Crippen LogP contribution in [-0.4, -0.2) is 33.2 Å². The molecule has 0 spiro atoms. The molecule has 28 heavy (non-hydrogen) atoms. The second kappa shape index (κ2) is 9.50. The first-order valence-electron chi connectivity index (χ1n) is 8.98. The molecule has 1 N–H and O–H groups in total. The van der Waals surface area contributed by atoms with Gasteiger partial charge in [0.05, 0.1) is 16.5 Å². The Morgan fingerprint density at radius 3 is 2.14 bits per heavy atom. The van der Waals surface area contributed by atoms with E-state index in [0.29, 0.717) is 5.92 Å². The lowest BCUT2D eigenvalue weighted by Gasteiger charge is -2.21. The average Bonchev–Trinajstić information content (AvgIpc) is 2.65. The van der Waals surface area contributed by atoms with Crippen molar-refractivity contribution in [3.63, 3.8) is 0 Å². The molecule has 0 fully saturated rings. The van der Waals surface area contributed by atoms with Gasteiger partial charge in [0, 0.05) is 6.26 Å². The van der Waals surface area contributed by atoms with E-state index in [1.54, 1.807) is 0 Å². The highest BCUT2D eigenvalue weighted by Crippen LogP contribution is 2.21. The third-order valence-corrected chi connectivity index (χ3v) is 5.23. The van der Waals surface area contributed by atoms with Crippen LogP contribution in [0.5, 0.6) is 0 Å². The lowest BCUT2D eigenvalue weighted by Crippen LogP contribution is -2.33. The van der Waals surface area contributed by atoms with Crippen LogP contribution in [0.15, 0.2) is 59.5 Å². The monoisotopic (exact) mass is 403 g/mol. The van der Waals surface area contributed by atoms with Crippen molar-refractivity contribution in [3.8, 4) is 0 Å². The number of ether oxygens (including phenoxy) is 1. The molecule has 2 rings (SSSR count). The summed E-state index contributed by atoms with van der Waals surface area (Å²) in [5.41, 5.74) is 1.18. The van der Waals surface area contributed by atoms with Gasteiger partial charge in [0.25, 0.3) is 5.91 Å². The van der Waals surface area contributed by atoms with Crippen LogP contribution >= 0.6 is 0 Å². The normalized spacial score (nSPS) is 12.4. The number of amides is 1. The predicted molar refractivity (Wildman–Crippen MR) is 107 cm³/mol. The molecule has 1 amide bonds. The quantitative estimate of drug-likeness (QED) is 0.684. The molecule has 2 aromatic rings. The van der Waals surface area contributed by atoms with Gasteiger partial charge in [-0.2, -0.15) is 0 Å². The molecule has 2 aromatic carbocycles. The molecule has 0 radical (unpaired) electrons. The van der Waals surface area contributed by atoms with Crippen LogP contribution in [0.4, 0.5) is 0 Å². The van der Waals surface area contributed by atoms with Crippen LogP contribution in [0.3, 0.4) is 0 Å². The lowest BCUT2D eigenvalue weighted by atomic mass is 9.97. The summed E-state index contributed by atoms with van der Waals surface area (Å²) < 4.78 is 28.0. The van der Waals surface area contributed by atoms with Crippen molar-refractivity contribution >= 4 is 21.7 Å². The first-order chi connectivity index (χ1) is 13.2. The molecular weight excluding hydrogens is 378 g/mol. The van der Waals surface area contributed by atoms with Crippen LogP contribution in [0.1, 0.15) is 42.2 Å². The Labute approximate surface area is 165 Å². The molecule has 0 unspecified atom stereocenters. The summed E-state index contributed by atoms with van der Waals surface area (Å²) >= 11 is 0. The molecule has 7 heteroatoms. The third-order valence-electron chi connectivity index (χ3n) is 4.10. The van der Waals surface area contributed by atoms with Gasteiger partial charge in [-0.15, -0.1) is 0 Å². The summed E-state index contributed by atoms with van der Waals surface area (Å²) in [5.74, 6) is -0.702. The van der Waals surface area contributed by atoms with Crippen molar-refractivity contribution in [2.45, 2.75) is 31.2 Å². The maximum Gasteiger partial charge on any atom is 0.338 e. The Hall–Kier alpha value is -2.67. The highest BCUT2D eigenvalue weighted by atomic mass is 32.2. The summed E-state index contributed by atoms with van der Waals surface area (Å²) in [6, 6.07) is 14.9.